The fourth-order valence-electron chi connectivity index (χ4n) is 1.21. The highest BCUT2D eigenvalue weighted by molar-refractivity contribution is 9.10. The molecule has 1 N–H and O–H groups in total. The molecule has 2 rings (SSSR count). The van der Waals surface area contributed by atoms with Crippen LogP contribution in [0.15, 0.2) is 35.1 Å². The molecule has 1 heterocycles. The lowest BCUT2D eigenvalue weighted by atomic mass is 10.3. The van der Waals surface area contributed by atoms with Crippen LogP contribution in [-0.4, -0.2) is 15.9 Å². The number of amides is 1. The molecule has 0 bridgehead atoms. The van der Waals surface area contributed by atoms with E-state index in [1.165, 1.54) is 12.4 Å². The van der Waals surface area contributed by atoms with Gasteiger partial charge in [-0.3, -0.25) is 4.79 Å². The molecule has 0 fully saturated rings. The molecular weight excluding hydrogens is 341 g/mol. The van der Waals surface area contributed by atoms with Crippen molar-refractivity contribution in [1.29, 1.82) is 0 Å². The number of hydrogen-bond acceptors (Lipinski definition) is 3. The molecule has 0 saturated carbocycles. The summed E-state index contributed by atoms with van der Waals surface area (Å²) >= 11 is 14.8. The van der Waals surface area contributed by atoms with Crippen LogP contribution in [0.25, 0.3) is 0 Å². The molecule has 7 heteroatoms. The number of aromatic nitrogens is 2. The fraction of sp³-hybridized carbons (Fsp3) is 0. The number of nitrogens with one attached hydrogen (secondary N) is 1. The summed E-state index contributed by atoms with van der Waals surface area (Å²) in [6.07, 6.45) is 2.61. The normalized spacial score (nSPS) is 10.2. The van der Waals surface area contributed by atoms with E-state index in [1.54, 1.807) is 18.2 Å². The van der Waals surface area contributed by atoms with Crippen molar-refractivity contribution >= 4 is 50.7 Å². The molecule has 0 radical (unpaired) electrons. The maximum Gasteiger partial charge on any atom is 0.275 e. The van der Waals surface area contributed by atoms with Gasteiger partial charge in [0.15, 0.2) is 0 Å². The first-order chi connectivity index (χ1) is 8.56. The van der Waals surface area contributed by atoms with Gasteiger partial charge < -0.3 is 5.32 Å². The quantitative estimate of drug-likeness (QED) is 0.899. The number of halogens is 3. The van der Waals surface area contributed by atoms with Crippen LogP contribution in [0.1, 0.15) is 10.5 Å². The molecule has 92 valence electrons. The predicted octanol–water partition coefficient (Wildman–Crippen LogP) is 3.80. The average molecular weight is 347 g/mol. The molecule has 0 unspecified atom stereocenters. The van der Waals surface area contributed by atoms with Crippen LogP contribution >= 0.6 is 39.1 Å². The minimum absolute atomic E-state index is 0.172. The zero-order chi connectivity index (χ0) is 13.1. The van der Waals surface area contributed by atoms with E-state index >= 15 is 0 Å². The Morgan fingerprint density at radius 1 is 1.22 bits per heavy atom. The highest BCUT2D eigenvalue weighted by Crippen LogP contribution is 2.26. The lowest BCUT2D eigenvalue weighted by Gasteiger charge is -2.07. The summed E-state index contributed by atoms with van der Waals surface area (Å²) in [5.41, 5.74) is 0.732. The van der Waals surface area contributed by atoms with Crippen molar-refractivity contribution in [1.82, 2.24) is 9.97 Å². The summed E-state index contributed by atoms with van der Waals surface area (Å²) in [5.74, 6) is -0.387. The van der Waals surface area contributed by atoms with Crippen LogP contribution in [0.2, 0.25) is 10.2 Å². The number of carbonyl (C=O) groups is 1. The van der Waals surface area contributed by atoms with Gasteiger partial charge in [-0.25, -0.2) is 9.97 Å². The minimum atomic E-state index is -0.387. The van der Waals surface area contributed by atoms with Gasteiger partial charge in [-0.15, -0.1) is 0 Å². The summed E-state index contributed by atoms with van der Waals surface area (Å²) < 4.78 is 0.724. The van der Waals surface area contributed by atoms with Gasteiger partial charge in [0.05, 0.1) is 18.1 Å². The topological polar surface area (TPSA) is 54.9 Å². The smallest absolute Gasteiger partial charge is 0.275 e. The zero-order valence-corrected chi connectivity index (χ0v) is 11.9. The van der Waals surface area contributed by atoms with E-state index in [1.807, 2.05) is 0 Å². The van der Waals surface area contributed by atoms with Crippen molar-refractivity contribution in [2.45, 2.75) is 0 Å². The molecule has 4 nitrogen and oxygen atoms in total. The standard InChI is InChI=1S/C11H6BrCl2N3O/c12-7-2-1-6(13)3-8(7)17-11(18)9-4-16-10(14)5-15-9/h1-5H,(H,17,18). The number of nitrogens with zero attached hydrogens (tertiary/aromatic N) is 2. The second kappa shape index (κ2) is 5.65. The third-order valence-electron chi connectivity index (χ3n) is 2.03. The number of rotatable bonds is 2. The van der Waals surface area contributed by atoms with Gasteiger partial charge in [0.2, 0.25) is 0 Å². The number of hydrogen-bond donors (Lipinski definition) is 1. The summed E-state index contributed by atoms with van der Waals surface area (Å²) in [5, 5.41) is 3.43. The minimum Gasteiger partial charge on any atom is -0.320 e. The molecular formula is C11H6BrCl2N3O. The molecule has 0 aliphatic heterocycles. The van der Waals surface area contributed by atoms with Gasteiger partial charge in [-0.2, -0.15) is 0 Å². The Labute approximate surface area is 121 Å². The summed E-state index contributed by atoms with van der Waals surface area (Å²) in [4.78, 5) is 19.5. The van der Waals surface area contributed by atoms with Crippen molar-refractivity contribution in [2.75, 3.05) is 5.32 Å². The van der Waals surface area contributed by atoms with Gasteiger partial charge >= 0.3 is 0 Å². The van der Waals surface area contributed by atoms with Crippen LogP contribution in [0.5, 0.6) is 0 Å². The Hall–Kier alpha value is -1.17. The van der Waals surface area contributed by atoms with Crippen molar-refractivity contribution in [3.8, 4) is 0 Å². The first-order valence-corrected chi connectivity index (χ1v) is 6.35. The Morgan fingerprint density at radius 2 is 2.00 bits per heavy atom. The van der Waals surface area contributed by atoms with Crippen molar-refractivity contribution in [3.05, 3.63) is 50.9 Å². The molecule has 2 aromatic rings. The molecule has 1 aromatic heterocycles. The SMILES string of the molecule is O=C(Nc1cc(Cl)ccc1Br)c1cnc(Cl)cn1. The highest BCUT2D eigenvalue weighted by Gasteiger charge is 2.10. The second-order valence-corrected chi connectivity index (χ2v) is 4.98. The first-order valence-electron chi connectivity index (χ1n) is 4.80. The molecule has 0 aliphatic rings. The molecule has 1 aromatic carbocycles. The van der Waals surface area contributed by atoms with Gasteiger partial charge in [0, 0.05) is 9.50 Å². The number of anilines is 1. The van der Waals surface area contributed by atoms with Gasteiger partial charge in [-0.05, 0) is 34.1 Å². The lowest BCUT2D eigenvalue weighted by molar-refractivity contribution is 0.102. The largest absolute Gasteiger partial charge is 0.320 e. The maximum absolute atomic E-state index is 11.9. The van der Waals surface area contributed by atoms with Crippen molar-refractivity contribution < 1.29 is 4.79 Å². The van der Waals surface area contributed by atoms with E-state index in [-0.39, 0.29) is 16.8 Å². The van der Waals surface area contributed by atoms with Crippen molar-refractivity contribution in [3.63, 3.8) is 0 Å². The molecule has 0 spiro atoms. The van der Waals surface area contributed by atoms with E-state index in [4.69, 9.17) is 23.2 Å². The Balaban J connectivity index is 2.21. The molecule has 18 heavy (non-hydrogen) atoms. The summed E-state index contributed by atoms with van der Waals surface area (Å²) in [6, 6.07) is 5.09. The van der Waals surface area contributed by atoms with E-state index in [2.05, 4.69) is 31.2 Å². The second-order valence-electron chi connectivity index (χ2n) is 3.30. The third-order valence-corrected chi connectivity index (χ3v) is 3.15. The molecule has 1 amide bonds. The number of carbonyl (C=O) groups excluding carboxylic acids is 1. The highest BCUT2D eigenvalue weighted by atomic mass is 79.9. The van der Waals surface area contributed by atoms with E-state index in [0.29, 0.717) is 10.7 Å². The Morgan fingerprint density at radius 3 is 2.67 bits per heavy atom. The molecule has 0 aliphatic carbocycles. The maximum atomic E-state index is 11.9. The summed E-state index contributed by atoms with van der Waals surface area (Å²) in [6.45, 7) is 0. The van der Waals surface area contributed by atoms with E-state index in [9.17, 15) is 4.79 Å². The Bertz CT molecular complexity index is 589. The van der Waals surface area contributed by atoms with Gasteiger partial charge in [0.1, 0.15) is 10.8 Å². The average Bonchev–Trinajstić information content (AvgIpc) is 2.34. The molecule has 0 saturated heterocycles. The first kappa shape index (κ1) is 13.3. The van der Waals surface area contributed by atoms with E-state index in [0.717, 1.165) is 4.47 Å². The van der Waals surface area contributed by atoms with Crippen LogP contribution in [0, 0.1) is 0 Å². The van der Waals surface area contributed by atoms with Crippen LogP contribution in [-0.2, 0) is 0 Å². The predicted molar refractivity (Wildman–Crippen MR) is 74.1 cm³/mol. The van der Waals surface area contributed by atoms with Gasteiger partial charge in [0.25, 0.3) is 5.91 Å². The zero-order valence-electron chi connectivity index (χ0n) is 8.82. The van der Waals surface area contributed by atoms with Crippen LogP contribution < -0.4 is 5.32 Å². The monoisotopic (exact) mass is 345 g/mol. The Kier molecular flexibility index (Phi) is 4.16. The fourth-order valence-corrected chi connectivity index (χ4v) is 1.82. The summed E-state index contributed by atoms with van der Waals surface area (Å²) in [7, 11) is 0. The van der Waals surface area contributed by atoms with Crippen LogP contribution in [0.3, 0.4) is 0 Å². The van der Waals surface area contributed by atoms with E-state index < -0.39 is 0 Å². The molecule has 0 atom stereocenters. The lowest BCUT2D eigenvalue weighted by Crippen LogP contribution is -2.14. The van der Waals surface area contributed by atoms with Crippen LogP contribution in [0.4, 0.5) is 5.69 Å². The van der Waals surface area contributed by atoms with Crippen molar-refractivity contribution in [2.24, 2.45) is 0 Å². The number of benzene rings is 1. The third kappa shape index (κ3) is 3.19. The van der Waals surface area contributed by atoms with Gasteiger partial charge in [-0.1, -0.05) is 23.2 Å².